The Kier molecular flexibility index (Phi) is 3.82. The lowest BCUT2D eigenvalue weighted by molar-refractivity contribution is 0.228. The second kappa shape index (κ2) is 5.13. The molecule has 0 aromatic rings. The summed E-state index contributed by atoms with van der Waals surface area (Å²) in [5.74, 6) is 1.98. The Bertz CT molecular complexity index is 160. The minimum absolute atomic E-state index is 0.931. The summed E-state index contributed by atoms with van der Waals surface area (Å²) in [6, 6.07) is 0. The summed E-state index contributed by atoms with van der Waals surface area (Å²) in [6.45, 7) is 8.83. The zero-order chi connectivity index (χ0) is 9.80. The van der Waals surface area contributed by atoms with Crippen molar-refractivity contribution in [3.05, 3.63) is 0 Å². The van der Waals surface area contributed by atoms with Gasteiger partial charge < -0.3 is 10.2 Å². The third kappa shape index (κ3) is 3.25. The molecule has 1 saturated carbocycles. The van der Waals surface area contributed by atoms with E-state index in [1.165, 1.54) is 58.4 Å². The molecule has 1 aliphatic heterocycles. The molecule has 0 amide bonds. The molecule has 0 spiro atoms. The fourth-order valence-electron chi connectivity index (χ4n) is 2.47. The molecule has 2 aliphatic rings. The number of nitrogens with one attached hydrogen (secondary N) is 1. The van der Waals surface area contributed by atoms with Crippen molar-refractivity contribution in [1.29, 1.82) is 0 Å². The predicted molar refractivity (Wildman–Crippen MR) is 60.4 cm³/mol. The third-order valence-corrected chi connectivity index (χ3v) is 3.43. The molecule has 14 heavy (non-hydrogen) atoms. The zero-order valence-corrected chi connectivity index (χ0v) is 9.47. The first kappa shape index (κ1) is 10.4. The van der Waals surface area contributed by atoms with Gasteiger partial charge in [0.15, 0.2) is 0 Å². The third-order valence-electron chi connectivity index (χ3n) is 3.43. The minimum Gasteiger partial charge on any atom is -0.316 e. The van der Waals surface area contributed by atoms with Crippen LogP contribution in [0.4, 0.5) is 0 Å². The van der Waals surface area contributed by atoms with Crippen LogP contribution in [-0.4, -0.2) is 37.6 Å². The van der Waals surface area contributed by atoms with Crippen LogP contribution in [-0.2, 0) is 0 Å². The fourth-order valence-corrected chi connectivity index (χ4v) is 2.47. The van der Waals surface area contributed by atoms with Crippen LogP contribution in [0.25, 0.3) is 0 Å². The van der Waals surface area contributed by atoms with E-state index in [9.17, 15) is 0 Å². The summed E-state index contributed by atoms with van der Waals surface area (Å²) in [5, 5.41) is 3.46. The minimum atomic E-state index is 0.931. The second-order valence-corrected chi connectivity index (χ2v) is 5.06. The smallest absolute Gasteiger partial charge is 0.00224 e. The number of rotatable bonds is 6. The molecule has 0 aromatic carbocycles. The Morgan fingerprint density at radius 2 is 1.93 bits per heavy atom. The molecule has 1 N–H and O–H groups in total. The van der Waals surface area contributed by atoms with Crippen LogP contribution < -0.4 is 5.32 Å². The van der Waals surface area contributed by atoms with Gasteiger partial charge >= 0.3 is 0 Å². The molecule has 0 radical (unpaired) electrons. The van der Waals surface area contributed by atoms with E-state index in [1.54, 1.807) is 0 Å². The Morgan fingerprint density at radius 1 is 1.14 bits per heavy atom. The van der Waals surface area contributed by atoms with Gasteiger partial charge in [-0.3, -0.25) is 0 Å². The van der Waals surface area contributed by atoms with Crippen molar-refractivity contribution in [3.8, 4) is 0 Å². The van der Waals surface area contributed by atoms with Crippen molar-refractivity contribution in [1.82, 2.24) is 10.2 Å². The van der Waals surface area contributed by atoms with Crippen LogP contribution in [0, 0.1) is 11.8 Å². The second-order valence-electron chi connectivity index (χ2n) is 5.06. The van der Waals surface area contributed by atoms with Crippen LogP contribution in [0.5, 0.6) is 0 Å². The van der Waals surface area contributed by atoms with Crippen LogP contribution in [0.15, 0.2) is 0 Å². The molecular weight excluding hydrogens is 172 g/mol. The van der Waals surface area contributed by atoms with E-state index in [0.717, 1.165) is 11.8 Å². The van der Waals surface area contributed by atoms with E-state index in [2.05, 4.69) is 17.1 Å². The van der Waals surface area contributed by atoms with E-state index < -0.39 is 0 Å². The molecule has 2 fully saturated rings. The van der Waals surface area contributed by atoms with Crippen molar-refractivity contribution < 1.29 is 0 Å². The van der Waals surface area contributed by atoms with Gasteiger partial charge in [0, 0.05) is 13.1 Å². The molecule has 1 heterocycles. The van der Waals surface area contributed by atoms with Crippen LogP contribution in [0.3, 0.4) is 0 Å². The van der Waals surface area contributed by atoms with E-state index in [0.29, 0.717) is 0 Å². The first-order valence-electron chi connectivity index (χ1n) is 6.31. The fraction of sp³-hybridized carbons (Fsp3) is 1.00. The summed E-state index contributed by atoms with van der Waals surface area (Å²) < 4.78 is 0. The molecule has 1 unspecified atom stereocenters. The van der Waals surface area contributed by atoms with Gasteiger partial charge in [-0.1, -0.05) is 6.92 Å². The molecule has 2 nitrogen and oxygen atoms in total. The summed E-state index contributed by atoms with van der Waals surface area (Å²) in [7, 11) is 0. The Balaban J connectivity index is 1.70. The lowest BCUT2D eigenvalue weighted by atomic mass is 10.1. The highest BCUT2D eigenvalue weighted by molar-refractivity contribution is 4.80. The molecule has 0 bridgehead atoms. The van der Waals surface area contributed by atoms with Gasteiger partial charge in [0.05, 0.1) is 0 Å². The molecule has 2 heteroatoms. The van der Waals surface area contributed by atoms with Gasteiger partial charge in [0.25, 0.3) is 0 Å². The standard InChI is InChI=1S/C12H24N2/c1-2-7-14(9-11-3-4-11)10-12-5-6-13-8-12/h11-13H,2-10H2,1H3. The van der Waals surface area contributed by atoms with E-state index in [-0.39, 0.29) is 0 Å². The van der Waals surface area contributed by atoms with Crippen LogP contribution >= 0.6 is 0 Å². The van der Waals surface area contributed by atoms with E-state index in [1.807, 2.05) is 0 Å². The van der Waals surface area contributed by atoms with Gasteiger partial charge in [-0.25, -0.2) is 0 Å². The lowest BCUT2D eigenvalue weighted by Crippen LogP contribution is -2.33. The molecule has 1 atom stereocenters. The van der Waals surface area contributed by atoms with Gasteiger partial charge in [-0.05, 0) is 57.2 Å². The Hall–Kier alpha value is -0.0800. The number of nitrogens with zero attached hydrogens (tertiary/aromatic N) is 1. The summed E-state index contributed by atoms with van der Waals surface area (Å²) >= 11 is 0. The van der Waals surface area contributed by atoms with Gasteiger partial charge in [-0.15, -0.1) is 0 Å². The normalized spacial score (nSPS) is 27.4. The van der Waals surface area contributed by atoms with Crippen molar-refractivity contribution in [2.75, 3.05) is 32.7 Å². The van der Waals surface area contributed by atoms with Crippen LogP contribution in [0.2, 0.25) is 0 Å². The first-order valence-corrected chi connectivity index (χ1v) is 6.31. The summed E-state index contributed by atoms with van der Waals surface area (Å²) in [6.07, 6.45) is 5.68. The van der Waals surface area contributed by atoms with Gasteiger partial charge in [-0.2, -0.15) is 0 Å². The maximum atomic E-state index is 3.46. The van der Waals surface area contributed by atoms with Crippen LogP contribution in [0.1, 0.15) is 32.6 Å². The molecule has 82 valence electrons. The van der Waals surface area contributed by atoms with E-state index in [4.69, 9.17) is 0 Å². The van der Waals surface area contributed by atoms with Gasteiger partial charge in [0.2, 0.25) is 0 Å². The van der Waals surface area contributed by atoms with Crippen molar-refractivity contribution in [2.45, 2.75) is 32.6 Å². The SMILES string of the molecule is CCCN(CC1CC1)CC1CCNC1. The molecule has 1 aliphatic carbocycles. The topological polar surface area (TPSA) is 15.3 Å². The highest BCUT2D eigenvalue weighted by Gasteiger charge is 2.25. The highest BCUT2D eigenvalue weighted by Crippen LogP contribution is 2.30. The molecular formula is C12H24N2. The zero-order valence-electron chi connectivity index (χ0n) is 9.47. The lowest BCUT2D eigenvalue weighted by Gasteiger charge is -2.24. The van der Waals surface area contributed by atoms with Crippen molar-refractivity contribution >= 4 is 0 Å². The number of hydrogen-bond acceptors (Lipinski definition) is 2. The van der Waals surface area contributed by atoms with Crippen molar-refractivity contribution in [2.24, 2.45) is 11.8 Å². The average Bonchev–Trinajstić information content (AvgIpc) is 2.81. The predicted octanol–water partition coefficient (Wildman–Crippen LogP) is 1.72. The average molecular weight is 196 g/mol. The number of hydrogen-bond donors (Lipinski definition) is 1. The summed E-state index contributed by atoms with van der Waals surface area (Å²) in [4.78, 5) is 2.70. The maximum Gasteiger partial charge on any atom is 0.00224 e. The molecule has 2 rings (SSSR count). The highest BCUT2D eigenvalue weighted by atomic mass is 15.1. The summed E-state index contributed by atoms with van der Waals surface area (Å²) in [5.41, 5.74) is 0. The van der Waals surface area contributed by atoms with Gasteiger partial charge in [0.1, 0.15) is 0 Å². The first-order chi connectivity index (χ1) is 6.88. The molecule has 1 saturated heterocycles. The maximum absolute atomic E-state index is 3.46. The Labute approximate surface area is 88.1 Å². The quantitative estimate of drug-likeness (QED) is 0.696. The molecule has 0 aromatic heterocycles. The Morgan fingerprint density at radius 3 is 2.50 bits per heavy atom. The largest absolute Gasteiger partial charge is 0.316 e. The van der Waals surface area contributed by atoms with E-state index >= 15 is 0 Å². The monoisotopic (exact) mass is 196 g/mol. The van der Waals surface area contributed by atoms with Crippen molar-refractivity contribution in [3.63, 3.8) is 0 Å².